The van der Waals surface area contributed by atoms with Crippen LogP contribution in [0.1, 0.15) is 99.9 Å². The molecule has 0 spiro atoms. The van der Waals surface area contributed by atoms with E-state index in [1.807, 2.05) is 0 Å². The lowest BCUT2D eigenvalue weighted by molar-refractivity contribution is 0.967. The first-order valence-corrected chi connectivity index (χ1v) is 12.2. The van der Waals surface area contributed by atoms with Gasteiger partial charge in [-0.3, -0.25) is 0 Å². The van der Waals surface area contributed by atoms with Crippen LogP contribution >= 0.6 is 0 Å². The second-order valence-electron chi connectivity index (χ2n) is 7.96. The van der Waals surface area contributed by atoms with Crippen LogP contribution in [0.2, 0.25) is 0 Å². The first kappa shape index (κ1) is 26.1. The Morgan fingerprint density at radius 1 is 0.400 bits per heavy atom. The Morgan fingerprint density at radius 3 is 1.07 bits per heavy atom. The molecule has 0 saturated carbocycles. The van der Waals surface area contributed by atoms with Crippen molar-refractivity contribution in [3.63, 3.8) is 0 Å². The first-order chi connectivity index (χ1) is 14.4. The standard InChI is InChI=1S/2C14H23N/c1-5-10-9-11(6-2)14(15)13(8-4)12(10)7-3;1-5-10-9-11(6-2)13(8-4)14(15)12(10)7-3/h2*9H,5-8,15H2,1-4H3. The maximum absolute atomic E-state index is 6.26. The maximum Gasteiger partial charge on any atom is 0.0384 e. The Kier molecular flexibility index (Phi) is 11.0. The van der Waals surface area contributed by atoms with Crippen molar-refractivity contribution in [3.8, 4) is 0 Å². The average Bonchev–Trinajstić information content (AvgIpc) is 2.78. The van der Waals surface area contributed by atoms with E-state index in [1.54, 1.807) is 0 Å². The van der Waals surface area contributed by atoms with Crippen LogP contribution in [0.25, 0.3) is 0 Å². The third-order valence-electron chi connectivity index (χ3n) is 6.48. The molecule has 2 heteroatoms. The van der Waals surface area contributed by atoms with Crippen LogP contribution in [-0.2, 0) is 51.4 Å². The van der Waals surface area contributed by atoms with E-state index in [1.165, 1.54) is 44.5 Å². The van der Waals surface area contributed by atoms with Gasteiger partial charge in [0.1, 0.15) is 0 Å². The number of hydrogen-bond acceptors (Lipinski definition) is 2. The summed E-state index contributed by atoms with van der Waals surface area (Å²) < 4.78 is 0. The Hall–Kier alpha value is -1.96. The summed E-state index contributed by atoms with van der Waals surface area (Å²) in [7, 11) is 0. The van der Waals surface area contributed by atoms with Gasteiger partial charge < -0.3 is 11.5 Å². The normalized spacial score (nSPS) is 10.7. The molecule has 4 N–H and O–H groups in total. The molecule has 0 aliphatic carbocycles. The van der Waals surface area contributed by atoms with Crippen LogP contribution in [0.5, 0.6) is 0 Å². The molecule has 30 heavy (non-hydrogen) atoms. The molecule has 0 aliphatic heterocycles. The van der Waals surface area contributed by atoms with E-state index in [0.717, 1.165) is 62.7 Å². The lowest BCUT2D eigenvalue weighted by atomic mass is 9.90. The minimum Gasteiger partial charge on any atom is -0.398 e. The minimum atomic E-state index is 1.04. The van der Waals surface area contributed by atoms with E-state index >= 15 is 0 Å². The zero-order chi connectivity index (χ0) is 22.8. The van der Waals surface area contributed by atoms with E-state index in [0.29, 0.717) is 0 Å². The van der Waals surface area contributed by atoms with Crippen molar-refractivity contribution in [3.05, 3.63) is 56.6 Å². The molecule has 0 amide bonds. The molecule has 2 aromatic rings. The van der Waals surface area contributed by atoms with Crippen molar-refractivity contribution in [1.82, 2.24) is 0 Å². The Labute approximate surface area is 186 Å². The largest absolute Gasteiger partial charge is 0.398 e. The van der Waals surface area contributed by atoms with Crippen molar-refractivity contribution in [2.24, 2.45) is 0 Å². The second kappa shape index (κ2) is 12.7. The first-order valence-electron chi connectivity index (χ1n) is 12.2. The molecule has 0 unspecified atom stereocenters. The number of aryl methyl sites for hydroxylation is 4. The molecule has 0 bridgehead atoms. The van der Waals surface area contributed by atoms with Crippen molar-refractivity contribution < 1.29 is 0 Å². The highest BCUT2D eigenvalue weighted by Crippen LogP contribution is 2.29. The van der Waals surface area contributed by atoms with E-state index < -0.39 is 0 Å². The van der Waals surface area contributed by atoms with Gasteiger partial charge in [0.15, 0.2) is 0 Å². The highest BCUT2D eigenvalue weighted by molar-refractivity contribution is 5.61. The van der Waals surface area contributed by atoms with E-state index in [2.05, 4.69) is 67.5 Å². The summed E-state index contributed by atoms with van der Waals surface area (Å²) >= 11 is 0. The fraction of sp³-hybridized carbons (Fsp3) is 0.571. The van der Waals surface area contributed by atoms with Gasteiger partial charge in [0.05, 0.1) is 0 Å². The van der Waals surface area contributed by atoms with Crippen LogP contribution in [0.3, 0.4) is 0 Å². The minimum absolute atomic E-state index is 1.04. The zero-order valence-electron chi connectivity index (χ0n) is 21.0. The highest BCUT2D eigenvalue weighted by Gasteiger charge is 2.12. The molecule has 168 valence electrons. The quantitative estimate of drug-likeness (QED) is 0.459. The van der Waals surface area contributed by atoms with Crippen LogP contribution in [0.15, 0.2) is 12.1 Å². The van der Waals surface area contributed by atoms with Gasteiger partial charge in [-0.15, -0.1) is 0 Å². The second-order valence-corrected chi connectivity index (χ2v) is 7.96. The molecule has 2 nitrogen and oxygen atoms in total. The number of nitrogens with two attached hydrogens (primary N) is 2. The zero-order valence-corrected chi connectivity index (χ0v) is 21.0. The average molecular weight is 411 g/mol. The van der Waals surface area contributed by atoms with Crippen molar-refractivity contribution in [2.75, 3.05) is 11.5 Å². The molecule has 0 aromatic heterocycles. The molecular weight excluding hydrogens is 364 g/mol. The van der Waals surface area contributed by atoms with Gasteiger partial charge in [0.25, 0.3) is 0 Å². The van der Waals surface area contributed by atoms with Crippen LogP contribution in [-0.4, -0.2) is 0 Å². The van der Waals surface area contributed by atoms with Gasteiger partial charge in [0, 0.05) is 11.4 Å². The summed E-state index contributed by atoms with van der Waals surface area (Å²) in [5.41, 5.74) is 25.8. The van der Waals surface area contributed by atoms with Gasteiger partial charge >= 0.3 is 0 Å². The van der Waals surface area contributed by atoms with Gasteiger partial charge in [0.2, 0.25) is 0 Å². The maximum atomic E-state index is 6.26. The van der Waals surface area contributed by atoms with Crippen molar-refractivity contribution >= 4 is 11.4 Å². The molecule has 2 rings (SSSR count). The highest BCUT2D eigenvalue weighted by atomic mass is 14.6. The predicted molar refractivity (Wildman–Crippen MR) is 137 cm³/mol. The fourth-order valence-electron chi connectivity index (χ4n) is 4.76. The summed E-state index contributed by atoms with van der Waals surface area (Å²) in [5.74, 6) is 0. The molecule has 0 heterocycles. The molecule has 0 atom stereocenters. The smallest absolute Gasteiger partial charge is 0.0384 e. The topological polar surface area (TPSA) is 52.0 Å². The third kappa shape index (κ3) is 5.59. The van der Waals surface area contributed by atoms with Gasteiger partial charge in [-0.2, -0.15) is 0 Å². The molecule has 0 radical (unpaired) electrons. The lowest BCUT2D eigenvalue weighted by Gasteiger charge is -2.17. The summed E-state index contributed by atoms with van der Waals surface area (Å²) in [6.45, 7) is 17.6. The Balaban J connectivity index is 0.000000300. The van der Waals surface area contributed by atoms with Gasteiger partial charge in [-0.05, 0) is 95.9 Å². The van der Waals surface area contributed by atoms with Crippen LogP contribution < -0.4 is 11.5 Å². The van der Waals surface area contributed by atoms with Crippen molar-refractivity contribution in [2.45, 2.75) is 107 Å². The van der Waals surface area contributed by atoms with Gasteiger partial charge in [-0.1, -0.05) is 67.5 Å². The molecule has 0 aliphatic rings. The predicted octanol–water partition coefficient (Wildman–Crippen LogP) is 7.04. The summed E-state index contributed by atoms with van der Waals surface area (Å²) in [4.78, 5) is 0. The van der Waals surface area contributed by atoms with E-state index in [9.17, 15) is 0 Å². The third-order valence-corrected chi connectivity index (χ3v) is 6.48. The lowest BCUT2D eigenvalue weighted by Crippen LogP contribution is -2.06. The SMILES string of the molecule is CCc1cc(CC)c(CC)c(CC)c1N.CCc1cc(CC)c(CC)c(N)c1CC. The number of benzene rings is 2. The number of rotatable bonds is 8. The number of hydrogen-bond donors (Lipinski definition) is 2. The number of anilines is 2. The summed E-state index contributed by atoms with van der Waals surface area (Å²) in [6.07, 6.45) is 8.57. The molecule has 0 saturated heterocycles. The monoisotopic (exact) mass is 410 g/mol. The summed E-state index contributed by atoms with van der Waals surface area (Å²) in [5, 5.41) is 0. The fourth-order valence-corrected chi connectivity index (χ4v) is 4.76. The molecular formula is C28H46N2. The number of nitrogen functional groups attached to an aromatic ring is 2. The summed E-state index contributed by atoms with van der Waals surface area (Å²) in [6, 6.07) is 4.65. The molecule has 2 aromatic carbocycles. The van der Waals surface area contributed by atoms with Crippen molar-refractivity contribution in [1.29, 1.82) is 0 Å². The molecule has 0 fully saturated rings. The van der Waals surface area contributed by atoms with E-state index in [4.69, 9.17) is 11.5 Å². The van der Waals surface area contributed by atoms with Crippen LogP contribution in [0.4, 0.5) is 11.4 Å². The Morgan fingerprint density at radius 2 is 0.733 bits per heavy atom. The van der Waals surface area contributed by atoms with Gasteiger partial charge in [-0.25, -0.2) is 0 Å². The Bertz CT molecular complexity index is 788. The van der Waals surface area contributed by atoms with Crippen LogP contribution in [0, 0.1) is 0 Å². The van der Waals surface area contributed by atoms with E-state index in [-0.39, 0.29) is 0 Å².